The van der Waals surface area contributed by atoms with Crippen molar-refractivity contribution in [2.24, 2.45) is 0 Å². The lowest BCUT2D eigenvalue weighted by atomic mass is 10.1. The van der Waals surface area contributed by atoms with Crippen LogP contribution < -0.4 is 4.90 Å². The minimum Gasteiger partial charge on any atom is -0.395 e. The van der Waals surface area contributed by atoms with Crippen LogP contribution in [0.15, 0.2) is 60.7 Å². The Morgan fingerprint density at radius 2 is 1.52 bits per heavy atom. The lowest BCUT2D eigenvalue weighted by molar-refractivity contribution is 0.104. The molecule has 0 aliphatic rings. The van der Waals surface area contributed by atoms with E-state index in [1.807, 2.05) is 47.4 Å². The molecule has 4 nitrogen and oxygen atoms in total. The molecule has 2 aromatic rings. The van der Waals surface area contributed by atoms with Gasteiger partial charge in [0.05, 0.1) is 13.2 Å². The highest BCUT2D eigenvalue weighted by atomic mass is 16.3. The molecule has 2 N–H and O–H groups in total. The standard InChI is InChI=1S/C19H21NO3/c21-14-12-20(13-15-22)18-9-6-16(7-10-18)8-11-19(23)17-4-2-1-3-5-17/h1-11,21-22H,12-15H2/b11-8+. The zero-order valence-electron chi connectivity index (χ0n) is 12.9. The van der Waals surface area contributed by atoms with Gasteiger partial charge in [-0.15, -0.1) is 0 Å². The first-order valence-corrected chi connectivity index (χ1v) is 7.59. The molecule has 0 unspecified atom stereocenters. The highest BCUT2D eigenvalue weighted by Gasteiger charge is 2.05. The van der Waals surface area contributed by atoms with Gasteiger partial charge in [0.15, 0.2) is 5.78 Å². The van der Waals surface area contributed by atoms with E-state index in [1.165, 1.54) is 0 Å². The Morgan fingerprint density at radius 1 is 0.913 bits per heavy atom. The predicted octanol–water partition coefficient (Wildman–Crippen LogP) is 2.37. The maximum absolute atomic E-state index is 12.0. The van der Waals surface area contributed by atoms with Gasteiger partial charge in [0.25, 0.3) is 0 Å². The Morgan fingerprint density at radius 3 is 2.09 bits per heavy atom. The van der Waals surface area contributed by atoms with Crippen LogP contribution in [0.5, 0.6) is 0 Å². The summed E-state index contributed by atoms with van der Waals surface area (Å²) in [6, 6.07) is 16.8. The van der Waals surface area contributed by atoms with E-state index in [1.54, 1.807) is 24.3 Å². The summed E-state index contributed by atoms with van der Waals surface area (Å²) in [4.78, 5) is 13.9. The lowest BCUT2D eigenvalue weighted by Crippen LogP contribution is -2.29. The highest BCUT2D eigenvalue weighted by molar-refractivity contribution is 6.06. The molecular weight excluding hydrogens is 290 g/mol. The quantitative estimate of drug-likeness (QED) is 0.580. The molecule has 0 aliphatic carbocycles. The summed E-state index contributed by atoms with van der Waals surface area (Å²) in [7, 11) is 0. The number of nitrogens with zero attached hydrogens (tertiary/aromatic N) is 1. The van der Waals surface area contributed by atoms with Crippen molar-refractivity contribution in [3.05, 3.63) is 71.8 Å². The molecule has 0 saturated heterocycles. The number of aliphatic hydroxyl groups excluding tert-OH is 2. The van der Waals surface area contributed by atoms with Crippen molar-refractivity contribution in [2.45, 2.75) is 0 Å². The summed E-state index contributed by atoms with van der Waals surface area (Å²) in [5, 5.41) is 18.1. The Labute approximate surface area is 136 Å². The molecule has 0 saturated carbocycles. The zero-order chi connectivity index (χ0) is 16.5. The van der Waals surface area contributed by atoms with Gasteiger partial charge in [0, 0.05) is 24.3 Å². The van der Waals surface area contributed by atoms with Crippen LogP contribution in [0.2, 0.25) is 0 Å². The number of rotatable bonds is 8. The third kappa shape index (κ3) is 5.06. The number of carbonyl (C=O) groups excluding carboxylic acids is 1. The number of hydrogen-bond acceptors (Lipinski definition) is 4. The van der Waals surface area contributed by atoms with Crippen LogP contribution in [0.1, 0.15) is 15.9 Å². The average molecular weight is 311 g/mol. The number of hydrogen-bond donors (Lipinski definition) is 2. The lowest BCUT2D eigenvalue weighted by Gasteiger charge is -2.22. The van der Waals surface area contributed by atoms with Gasteiger partial charge in [0.2, 0.25) is 0 Å². The van der Waals surface area contributed by atoms with Crippen molar-refractivity contribution in [3.8, 4) is 0 Å². The smallest absolute Gasteiger partial charge is 0.185 e. The zero-order valence-corrected chi connectivity index (χ0v) is 12.9. The van der Waals surface area contributed by atoms with E-state index in [0.717, 1.165) is 11.3 Å². The fraction of sp³-hybridized carbons (Fsp3) is 0.211. The van der Waals surface area contributed by atoms with Gasteiger partial charge < -0.3 is 15.1 Å². The van der Waals surface area contributed by atoms with E-state index in [2.05, 4.69) is 0 Å². The van der Waals surface area contributed by atoms with Crippen LogP contribution in [0.3, 0.4) is 0 Å². The maximum atomic E-state index is 12.0. The molecule has 2 rings (SSSR count). The first kappa shape index (κ1) is 16.9. The van der Waals surface area contributed by atoms with Gasteiger partial charge in [-0.3, -0.25) is 4.79 Å². The first-order valence-electron chi connectivity index (χ1n) is 7.59. The molecule has 0 radical (unpaired) electrons. The van der Waals surface area contributed by atoms with E-state index >= 15 is 0 Å². The Balaban J connectivity index is 2.04. The molecular formula is C19H21NO3. The third-order valence-electron chi connectivity index (χ3n) is 3.48. The fourth-order valence-electron chi connectivity index (χ4n) is 2.28. The van der Waals surface area contributed by atoms with Crippen LogP contribution in [-0.4, -0.2) is 42.3 Å². The summed E-state index contributed by atoms with van der Waals surface area (Å²) in [5.41, 5.74) is 2.52. The maximum Gasteiger partial charge on any atom is 0.185 e. The van der Waals surface area contributed by atoms with E-state index in [9.17, 15) is 4.79 Å². The van der Waals surface area contributed by atoms with Crippen molar-refractivity contribution < 1.29 is 15.0 Å². The third-order valence-corrected chi connectivity index (χ3v) is 3.48. The molecule has 0 bridgehead atoms. The Kier molecular flexibility index (Phi) is 6.54. The Hall–Kier alpha value is -2.43. The highest BCUT2D eigenvalue weighted by Crippen LogP contribution is 2.16. The van der Waals surface area contributed by atoms with Gasteiger partial charge >= 0.3 is 0 Å². The second-order valence-electron chi connectivity index (χ2n) is 5.09. The second kappa shape index (κ2) is 8.88. The van der Waals surface area contributed by atoms with Crippen LogP contribution in [0.25, 0.3) is 6.08 Å². The second-order valence-corrected chi connectivity index (χ2v) is 5.09. The molecule has 23 heavy (non-hydrogen) atoms. The van der Waals surface area contributed by atoms with Gasteiger partial charge in [-0.1, -0.05) is 48.5 Å². The number of benzene rings is 2. The summed E-state index contributed by atoms with van der Waals surface area (Å²) in [6.45, 7) is 1.02. The van der Waals surface area contributed by atoms with Crippen LogP contribution in [-0.2, 0) is 0 Å². The van der Waals surface area contributed by atoms with Crippen molar-refractivity contribution in [1.82, 2.24) is 0 Å². The van der Waals surface area contributed by atoms with Crippen LogP contribution in [0.4, 0.5) is 5.69 Å². The van der Waals surface area contributed by atoms with E-state index in [0.29, 0.717) is 18.7 Å². The van der Waals surface area contributed by atoms with Gasteiger partial charge in [0.1, 0.15) is 0 Å². The van der Waals surface area contributed by atoms with Crippen LogP contribution in [0, 0.1) is 0 Å². The van der Waals surface area contributed by atoms with Crippen molar-refractivity contribution in [1.29, 1.82) is 0 Å². The van der Waals surface area contributed by atoms with Crippen molar-refractivity contribution in [3.63, 3.8) is 0 Å². The summed E-state index contributed by atoms with van der Waals surface area (Å²) < 4.78 is 0. The summed E-state index contributed by atoms with van der Waals surface area (Å²) >= 11 is 0. The summed E-state index contributed by atoms with van der Waals surface area (Å²) in [5.74, 6) is -0.0307. The molecule has 0 heterocycles. The number of ketones is 1. The molecule has 0 amide bonds. The fourth-order valence-corrected chi connectivity index (χ4v) is 2.28. The van der Waals surface area contributed by atoms with Crippen molar-refractivity contribution >= 4 is 17.5 Å². The molecule has 0 atom stereocenters. The van der Waals surface area contributed by atoms with Gasteiger partial charge in [-0.05, 0) is 23.8 Å². The van der Waals surface area contributed by atoms with Gasteiger partial charge in [-0.2, -0.15) is 0 Å². The largest absolute Gasteiger partial charge is 0.395 e. The molecule has 4 heteroatoms. The normalized spacial score (nSPS) is 10.9. The number of anilines is 1. The van der Waals surface area contributed by atoms with Crippen molar-refractivity contribution in [2.75, 3.05) is 31.2 Å². The monoisotopic (exact) mass is 311 g/mol. The predicted molar refractivity (Wildman–Crippen MR) is 92.6 cm³/mol. The SMILES string of the molecule is O=C(/C=C/c1ccc(N(CCO)CCO)cc1)c1ccccc1. The number of allylic oxidation sites excluding steroid dienone is 1. The number of aliphatic hydroxyl groups is 2. The molecule has 0 aromatic heterocycles. The molecule has 120 valence electrons. The summed E-state index contributed by atoms with van der Waals surface area (Å²) in [6.07, 6.45) is 3.34. The Bertz CT molecular complexity index is 629. The number of carbonyl (C=O) groups is 1. The van der Waals surface area contributed by atoms with Gasteiger partial charge in [-0.25, -0.2) is 0 Å². The van der Waals surface area contributed by atoms with E-state index in [4.69, 9.17) is 10.2 Å². The minimum atomic E-state index is -0.0307. The van der Waals surface area contributed by atoms with E-state index in [-0.39, 0.29) is 19.0 Å². The topological polar surface area (TPSA) is 60.8 Å². The molecule has 2 aromatic carbocycles. The molecule has 0 fully saturated rings. The van der Waals surface area contributed by atoms with E-state index < -0.39 is 0 Å². The average Bonchev–Trinajstić information content (AvgIpc) is 2.61. The molecule has 0 spiro atoms. The molecule has 0 aliphatic heterocycles. The minimum absolute atomic E-state index is 0.0307. The first-order chi connectivity index (χ1) is 11.2. The van der Waals surface area contributed by atoms with Crippen LogP contribution >= 0.6 is 0 Å².